The molecule has 0 atom stereocenters. The fraction of sp³-hybridized carbons (Fsp3) is 0.250. The SMILES string of the molecule is Cn1c(=O)cn[nH]c1=O. The van der Waals surface area contributed by atoms with Crippen LogP contribution in [0.4, 0.5) is 0 Å². The topological polar surface area (TPSA) is 67.8 Å². The van der Waals surface area contributed by atoms with Crippen LogP contribution in [-0.2, 0) is 7.05 Å². The van der Waals surface area contributed by atoms with Gasteiger partial charge in [0.25, 0.3) is 5.56 Å². The third-order valence-electron chi connectivity index (χ3n) is 0.970. The lowest BCUT2D eigenvalue weighted by atomic mass is 10.8. The second-order valence-corrected chi connectivity index (χ2v) is 1.57. The first kappa shape index (κ1) is 5.74. The van der Waals surface area contributed by atoms with E-state index in [1.807, 2.05) is 0 Å². The summed E-state index contributed by atoms with van der Waals surface area (Å²) in [6, 6.07) is 0. The van der Waals surface area contributed by atoms with Crippen molar-refractivity contribution in [3.8, 4) is 0 Å². The van der Waals surface area contributed by atoms with Gasteiger partial charge in [-0.3, -0.25) is 9.36 Å². The second kappa shape index (κ2) is 1.85. The number of H-pyrrole nitrogens is 1. The largest absolute Gasteiger partial charge is 0.344 e. The number of rotatable bonds is 0. The molecular weight excluding hydrogens is 122 g/mol. The van der Waals surface area contributed by atoms with Gasteiger partial charge in [0.2, 0.25) is 0 Å². The van der Waals surface area contributed by atoms with E-state index in [9.17, 15) is 9.59 Å². The van der Waals surface area contributed by atoms with E-state index in [-0.39, 0.29) is 0 Å². The van der Waals surface area contributed by atoms with E-state index in [4.69, 9.17) is 0 Å². The standard InChI is InChI=1S/C4H5N3O2/c1-7-3(8)2-5-6-4(7)9/h2H,1H3,(H,6,9). The van der Waals surface area contributed by atoms with Crippen molar-refractivity contribution in [2.75, 3.05) is 0 Å². The fourth-order valence-electron chi connectivity index (χ4n) is 0.404. The number of nitrogens with zero attached hydrogens (tertiary/aromatic N) is 2. The molecule has 0 unspecified atom stereocenters. The molecule has 5 nitrogen and oxygen atoms in total. The van der Waals surface area contributed by atoms with Crippen LogP contribution in [-0.4, -0.2) is 14.8 Å². The van der Waals surface area contributed by atoms with Gasteiger partial charge in [0.1, 0.15) is 6.20 Å². The second-order valence-electron chi connectivity index (χ2n) is 1.57. The predicted molar refractivity (Wildman–Crippen MR) is 30.1 cm³/mol. The summed E-state index contributed by atoms with van der Waals surface area (Å²) < 4.78 is 0.937. The van der Waals surface area contributed by atoms with Gasteiger partial charge in [0.15, 0.2) is 0 Å². The molecule has 1 heterocycles. The maximum absolute atomic E-state index is 10.5. The molecule has 0 fully saturated rings. The monoisotopic (exact) mass is 127 g/mol. The first-order chi connectivity index (χ1) is 4.22. The molecule has 0 aliphatic carbocycles. The van der Waals surface area contributed by atoms with Gasteiger partial charge in [-0.15, -0.1) is 0 Å². The summed E-state index contributed by atoms with van der Waals surface area (Å²) in [6.45, 7) is 0. The summed E-state index contributed by atoms with van der Waals surface area (Å²) in [5.41, 5.74) is -0.902. The normalized spacial score (nSPS) is 9.44. The van der Waals surface area contributed by atoms with Gasteiger partial charge in [-0.1, -0.05) is 0 Å². The average Bonchev–Trinajstić information content (AvgIpc) is 1.83. The molecule has 0 radical (unpaired) electrons. The first-order valence-electron chi connectivity index (χ1n) is 2.32. The minimum atomic E-state index is -0.498. The fourth-order valence-corrected chi connectivity index (χ4v) is 0.404. The van der Waals surface area contributed by atoms with Crippen molar-refractivity contribution in [3.05, 3.63) is 27.0 Å². The minimum absolute atomic E-state index is 0.404. The number of aromatic amines is 1. The number of aromatic nitrogens is 3. The molecule has 0 saturated carbocycles. The average molecular weight is 127 g/mol. The van der Waals surface area contributed by atoms with Crippen molar-refractivity contribution in [2.24, 2.45) is 7.05 Å². The van der Waals surface area contributed by atoms with E-state index in [0.717, 1.165) is 10.8 Å². The van der Waals surface area contributed by atoms with E-state index >= 15 is 0 Å². The van der Waals surface area contributed by atoms with Crippen molar-refractivity contribution in [1.29, 1.82) is 0 Å². The molecule has 5 heteroatoms. The summed E-state index contributed by atoms with van der Waals surface area (Å²) in [6.07, 6.45) is 1.04. The molecule has 1 aromatic rings. The predicted octanol–water partition coefficient (Wildman–Crippen LogP) is -1.53. The van der Waals surface area contributed by atoms with Gasteiger partial charge in [0.05, 0.1) is 0 Å². The Hall–Kier alpha value is -1.39. The molecule has 0 aliphatic heterocycles. The van der Waals surface area contributed by atoms with Crippen LogP contribution in [0.1, 0.15) is 0 Å². The van der Waals surface area contributed by atoms with Crippen LogP contribution in [0.25, 0.3) is 0 Å². The molecule has 48 valence electrons. The lowest BCUT2D eigenvalue weighted by Crippen LogP contribution is -2.32. The van der Waals surface area contributed by atoms with Gasteiger partial charge in [-0.2, -0.15) is 5.10 Å². The van der Waals surface area contributed by atoms with E-state index in [1.54, 1.807) is 0 Å². The molecule has 1 rings (SSSR count). The Morgan fingerprint density at radius 3 is 2.78 bits per heavy atom. The van der Waals surface area contributed by atoms with Gasteiger partial charge >= 0.3 is 5.69 Å². The molecular formula is C4H5N3O2. The molecule has 0 bridgehead atoms. The summed E-state index contributed by atoms with van der Waals surface area (Å²) in [7, 11) is 1.38. The maximum Gasteiger partial charge on any atom is 0.344 e. The Morgan fingerprint density at radius 1 is 1.67 bits per heavy atom. The molecule has 0 aliphatic rings. The van der Waals surface area contributed by atoms with Crippen molar-refractivity contribution in [1.82, 2.24) is 14.8 Å². The van der Waals surface area contributed by atoms with E-state index in [0.29, 0.717) is 0 Å². The van der Waals surface area contributed by atoms with Crippen molar-refractivity contribution in [3.63, 3.8) is 0 Å². The maximum atomic E-state index is 10.5. The molecule has 1 N–H and O–H groups in total. The zero-order valence-electron chi connectivity index (χ0n) is 4.79. The molecule has 9 heavy (non-hydrogen) atoms. The smallest absolute Gasteiger partial charge is 0.267 e. The molecule has 0 saturated heterocycles. The number of nitrogens with one attached hydrogen (secondary N) is 1. The first-order valence-corrected chi connectivity index (χ1v) is 2.32. The summed E-state index contributed by atoms with van der Waals surface area (Å²) >= 11 is 0. The van der Waals surface area contributed by atoms with Crippen molar-refractivity contribution in [2.45, 2.75) is 0 Å². The highest BCUT2D eigenvalue weighted by atomic mass is 16.2. The van der Waals surface area contributed by atoms with Gasteiger partial charge < -0.3 is 0 Å². The lowest BCUT2D eigenvalue weighted by Gasteiger charge is -1.88. The van der Waals surface area contributed by atoms with Gasteiger partial charge in [-0.25, -0.2) is 9.89 Å². The molecule has 1 aromatic heterocycles. The van der Waals surface area contributed by atoms with Crippen molar-refractivity contribution >= 4 is 0 Å². The van der Waals surface area contributed by atoms with Gasteiger partial charge in [-0.05, 0) is 0 Å². The zero-order chi connectivity index (χ0) is 6.85. The zero-order valence-corrected chi connectivity index (χ0v) is 4.79. The van der Waals surface area contributed by atoms with Crippen LogP contribution in [0.2, 0.25) is 0 Å². The Labute approximate surface area is 50.0 Å². The Kier molecular flexibility index (Phi) is 1.18. The minimum Gasteiger partial charge on any atom is -0.267 e. The summed E-state index contributed by atoms with van der Waals surface area (Å²) in [5.74, 6) is 0. The van der Waals surface area contributed by atoms with E-state index < -0.39 is 11.2 Å². The highest BCUT2D eigenvalue weighted by Gasteiger charge is 1.89. The quantitative estimate of drug-likeness (QED) is 0.459. The third-order valence-corrected chi connectivity index (χ3v) is 0.970. The number of hydrogen-bond donors (Lipinski definition) is 1. The van der Waals surface area contributed by atoms with Crippen molar-refractivity contribution < 1.29 is 0 Å². The Morgan fingerprint density at radius 2 is 2.33 bits per heavy atom. The van der Waals surface area contributed by atoms with Crippen LogP contribution < -0.4 is 11.2 Å². The van der Waals surface area contributed by atoms with E-state index in [1.165, 1.54) is 7.05 Å². The lowest BCUT2D eigenvalue weighted by molar-refractivity contribution is 0.726. The number of hydrogen-bond acceptors (Lipinski definition) is 3. The molecule has 0 aromatic carbocycles. The van der Waals surface area contributed by atoms with Crippen LogP contribution >= 0.6 is 0 Å². The molecule has 0 spiro atoms. The Bertz CT molecular complexity index is 282. The van der Waals surface area contributed by atoms with Crippen LogP contribution in [0.15, 0.2) is 15.8 Å². The summed E-state index contributed by atoms with van der Waals surface area (Å²) in [4.78, 5) is 21.0. The third kappa shape index (κ3) is 0.883. The van der Waals surface area contributed by atoms with Gasteiger partial charge in [0, 0.05) is 7.05 Å². The highest BCUT2D eigenvalue weighted by molar-refractivity contribution is 4.70. The van der Waals surface area contributed by atoms with Crippen LogP contribution in [0, 0.1) is 0 Å². The van der Waals surface area contributed by atoms with E-state index in [2.05, 4.69) is 10.2 Å². The molecule has 0 amide bonds. The summed E-state index contributed by atoms with van der Waals surface area (Å²) in [5, 5.41) is 5.37. The Balaban J connectivity index is 3.62. The van der Waals surface area contributed by atoms with Crippen LogP contribution in [0.5, 0.6) is 0 Å². The van der Waals surface area contributed by atoms with Crippen LogP contribution in [0.3, 0.4) is 0 Å². The highest BCUT2D eigenvalue weighted by Crippen LogP contribution is 1.50.